The lowest BCUT2D eigenvalue weighted by molar-refractivity contribution is 0.943. The molecular formula is C11H12N2. The zero-order valence-electron chi connectivity index (χ0n) is 7.53. The van der Waals surface area contributed by atoms with Gasteiger partial charge in [-0.25, -0.2) is 0 Å². The van der Waals surface area contributed by atoms with E-state index in [0.717, 1.165) is 19.5 Å². The zero-order valence-corrected chi connectivity index (χ0v) is 7.53. The maximum atomic E-state index is 4.58. The van der Waals surface area contributed by atoms with Crippen molar-refractivity contribution in [2.75, 3.05) is 11.4 Å². The number of rotatable bonds is 0. The van der Waals surface area contributed by atoms with Crippen LogP contribution in [0.15, 0.2) is 29.3 Å². The van der Waals surface area contributed by atoms with E-state index < -0.39 is 0 Å². The highest BCUT2D eigenvalue weighted by atomic mass is 15.2. The van der Waals surface area contributed by atoms with Crippen molar-refractivity contribution in [2.45, 2.75) is 19.4 Å². The number of hydrogen-bond acceptors (Lipinski definition) is 2. The van der Waals surface area contributed by atoms with E-state index in [1.54, 1.807) is 0 Å². The number of aliphatic imine (C=N–C) groups is 1. The molecule has 3 rings (SSSR count). The van der Waals surface area contributed by atoms with Crippen molar-refractivity contribution in [2.24, 2.45) is 4.99 Å². The summed E-state index contributed by atoms with van der Waals surface area (Å²) in [5, 5.41) is 0. The molecule has 13 heavy (non-hydrogen) atoms. The second kappa shape index (κ2) is 2.59. The first-order chi connectivity index (χ1) is 6.45. The second-order valence-corrected chi connectivity index (χ2v) is 3.62. The average Bonchev–Trinajstić information content (AvgIpc) is 2.65. The molecule has 0 aliphatic carbocycles. The summed E-state index contributed by atoms with van der Waals surface area (Å²) < 4.78 is 0. The molecule has 2 heterocycles. The van der Waals surface area contributed by atoms with Crippen molar-refractivity contribution in [3.63, 3.8) is 0 Å². The van der Waals surface area contributed by atoms with E-state index in [9.17, 15) is 0 Å². The van der Waals surface area contributed by atoms with Gasteiger partial charge in [-0.1, -0.05) is 18.2 Å². The molecule has 0 unspecified atom stereocenters. The maximum absolute atomic E-state index is 4.58. The van der Waals surface area contributed by atoms with Crippen LogP contribution in [0.3, 0.4) is 0 Å². The van der Waals surface area contributed by atoms with E-state index in [2.05, 4.69) is 34.2 Å². The Morgan fingerprint density at radius 3 is 3.15 bits per heavy atom. The Kier molecular flexibility index (Phi) is 1.42. The highest BCUT2D eigenvalue weighted by Crippen LogP contribution is 2.30. The number of amidine groups is 1. The van der Waals surface area contributed by atoms with Crippen molar-refractivity contribution in [1.29, 1.82) is 0 Å². The summed E-state index contributed by atoms with van der Waals surface area (Å²) in [6, 6.07) is 8.58. The first-order valence-electron chi connectivity index (χ1n) is 4.84. The predicted molar refractivity (Wildman–Crippen MR) is 54.2 cm³/mol. The quantitative estimate of drug-likeness (QED) is 0.585. The first-order valence-corrected chi connectivity index (χ1v) is 4.84. The molecule has 66 valence electrons. The van der Waals surface area contributed by atoms with E-state index in [1.807, 2.05) is 0 Å². The number of hydrogen-bond donors (Lipinski definition) is 0. The van der Waals surface area contributed by atoms with Crippen LogP contribution in [0, 0.1) is 0 Å². The van der Waals surface area contributed by atoms with Crippen LogP contribution in [0.2, 0.25) is 0 Å². The lowest BCUT2D eigenvalue weighted by atomic mass is 10.1. The molecule has 0 amide bonds. The largest absolute Gasteiger partial charge is 0.330 e. The smallest absolute Gasteiger partial charge is 0.104 e. The molecule has 2 aliphatic rings. The van der Waals surface area contributed by atoms with Gasteiger partial charge in [-0.3, -0.25) is 4.99 Å². The van der Waals surface area contributed by atoms with Gasteiger partial charge in [0.15, 0.2) is 0 Å². The molecule has 1 fully saturated rings. The Morgan fingerprint density at radius 1 is 1.23 bits per heavy atom. The summed E-state index contributed by atoms with van der Waals surface area (Å²) in [5.74, 6) is 1.29. The summed E-state index contributed by atoms with van der Waals surface area (Å²) in [4.78, 5) is 6.94. The van der Waals surface area contributed by atoms with Gasteiger partial charge in [-0.15, -0.1) is 0 Å². The van der Waals surface area contributed by atoms with E-state index in [0.29, 0.717) is 0 Å². The molecule has 2 heteroatoms. The highest BCUT2D eigenvalue weighted by Gasteiger charge is 2.24. The van der Waals surface area contributed by atoms with Gasteiger partial charge in [0.25, 0.3) is 0 Å². The van der Waals surface area contributed by atoms with E-state index in [-0.39, 0.29) is 0 Å². The fourth-order valence-corrected chi connectivity index (χ4v) is 2.17. The van der Waals surface area contributed by atoms with Crippen LogP contribution in [0.5, 0.6) is 0 Å². The molecular weight excluding hydrogens is 160 g/mol. The second-order valence-electron chi connectivity index (χ2n) is 3.62. The predicted octanol–water partition coefficient (Wildman–Crippen LogP) is 2.20. The Labute approximate surface area is 77.9 Å². The van der Waals surface area contributed by atoms with Gasteiger partial charge in [0, 0.05) is 18.7 Å². The van der Waals surface area contributed by atoms with Crippen molar-refractivity contribution >= 4 is 11.5 Å². The normalized spacial score (nSPS) is 19.4. The third-order valence-electron chi connectivity index (χ3n) is 2.81. The minimum Gasteiger partial charge on any atom is -0.330 e. The van der Waals surface area contributed by atoms with Gasteiger partial charge in [-0.2, -0.15) is 0 Å². The molecule has 0 bridgehead atoms. The van der Waals surface area contributed by atoms with E-state index in [4.69, 9.17) is 0 Å². The van der Waals surface area contributed by atoms with E-state index >= 15 is 0 Å². The van der Waals surface area contributed by atoms with Gasteiger partial charge in [-0.05, 0) is 18.1 Å². The van der Waals surface area contributed by atoms with Gasteiger partial charge < -0.3 is 4.90 Å². The zero-order chi connectivity index (χ0) is 8.67. The van der Waals surface area contributed by atoms with Crippen LogP contribution in [0.25, 0.3) is 0 Å². The fourth-order valence-electron chi connectivity index (χ4n) is 2.17. The summed E-state index contributed by atoms with van der Waals surface area (Å²) in [5.41, 5.74) is 2.75. The van der Waals surface area contributed by atoms with Crippen LogP contribution in [0.4, 0.5) is 5.69 Å². The fraction of sp³-hybridized carbons (Fsp3) is 0.364. The number of nitrogens with zero attached hydrogens (tertiary/aromatic N) is 2. The third kappa shape index (κ3) is 0.981. The topological polar surface area (TPSA) is 15.6 Å². The molecule has 0 N–H and O–H groups in total. The van der Waals surface area contributed by atoms with Gasteiger partial charge in [0.05, 0.1) is 6.54 Å². The van der Waals surface area contributed by atoms with Crippen molar-refractivity contribution in [3.8, 4) is 0 Å². The molecule has 2 aliphatic heterocycles. The SMILES string of the molecule is c1ccc2c(c1)CN=C1CCCN12. The van der Waals surface area contributed by atoms with Crippen LogP contribution < -0.4 is 4.90 Å². The molecule has 0 spiro atoms. The molecule has 2 nitrogen and oxygen atoms in total. The highest BCUT2D eigenvalue weighted by molar-refractivity contribution is 6.01. The molecule has 1 aromatic carbocycles. The first kappa shape index (κ1) is 7.13. The lowest BCUT2D eigenvalue weighted by Gasteiger charge is -2.25. The van der Waals surface area contributed by atoms with Crippen molar-refractivity contribution in [1.82, 2.24) is 0 Å². The van der Waals surface area contributed by atoms with Gasteiger partial charge in [0.1, 0.15) is 5.84 Å². The van der Waals surface area contributed by atoms with Gasteiger partial charge >= 0.3 is 0 Å². The van der Waals surface area contributed by atoms with Gasteiger partial charge in [0.2, 0.25) is 0 Å². The molecule has 0 atom stereocenters. The summed E-state index contributed by atoms with van der Waals surface area (Å²) in [6.07, 6.45) is 2.42. The maximum Gasteiger partial charge on any atom is 0.104 e. The van der Waals surface area contributed by atoms with Crippen LogP contribution in [-0.2, 0) is 6.54 Å². The Hall–Kier alpha value is -1.31. The number of benzene rings is 1. The molecule has 0 aromatic heterocycles. The average molecular weight is 172 g/mol. The van der Waals surface area contributed by atoms with Crippen molar-refractivity contribution < 1.29 is 0 Å². The summed E-state index contributed by atoms with van der Waals surface area (Å²) in [7, 11) is 0. The lowest BCUT2D eigenvalue weighted by Crippen LogP contribution is -2.28. The molecule has 0 saturated carbocycles. The standard InChI is InChI=1S/C11H12N2/c1-2-5-10-9(4-1)8-12-11-6-3-7-13(10)11/h1-2,4-5H,3,6-8H2. The Bertz CT molecular complexity index is 368. The summed E-state index contributed by atoms with van der Waals surface area (Å²) >= 11 is 0. The number of para-hydroxylation sites is 1. The monoisotopic (exact) mass is 172 g/mol. The number of fused-ring (bicyclic) bond motifs is 3. The Balaban J connectivity index is 2.12. The number of anilines is 1. The minimum absolute atomic E-state index is 0.877. The third-order valence-corrected chi connectivity index (χ3v) is 2.81. The van der Waals surface area contributed by atoms with Crippen molar-refractivity contribution in [3.05, 3.63) is 29.8 Å². The van der Waals surface area contributed by atoms with Crippen LogP contribution >= 0.6 is 0 Å². The van der Waals surface area contributed by atoms with Crippen LogP contribution in [-0.4, -0.2) is 12.4 Å². The van der Waals surface area contributed by atoms with Crippen LogP contribution in [0.1, 0.15) is 18.4 Å². The van der Waals surface area contributed by atoms with E-state index in [1.165, 1.54) is 23.5 Å². The minimum atomic E-state index is 0.877. The Morgan fingerprint density at radius 2 is 2.15 bits per heavy atom. The summed E-state index contributed by atoms with van der Waals surface area (Å²) in [6.45, 7) is 2.03. The molecule has 1 saturated heterocycles. The molecule has 0 radical (unpaired) electrons. The molecule has 1 aromatic rings.